The molecule has 0 fully saturated rings. The monoisotopic (exact) mass is 496 g/mol. The molecule has 0 bridgehead atoms. The van der Waals surface area contributed by atoms with Crippen LogP contribution in [0.25, 0.3) is 38.1 Å². The summed E-state index contributed by atoms with van der Waals surface area (Å²) in [5.41, 5.74) is 1.54. The van der Waals surface area contributed by atoms with Gasteiger partial charge < -0.3 is 14.0 Å². The summed E-state index contributed by atoms with van der Waals surface area (Å²) in [4.78, 5) is 35.1. The number of rotatable bonds is 6. The Morgan fingerprint density at radius 1 is 1.06 bits per heavy atom. The van der Waals surface area contributed by atoms with Crippen molar-refractivity contribution in [2.24, 2.45) is 7.05 Å². The van der Waals surface area contributed by atoms with E-state index in [-0.39, 0.29) is 11.3 Å². The third-order valence-corrected chi connectivity index (χ3v) is 6.26. The van der Waals surface area contributed by atoms with Crippen LogP contribution in [0.15, 0.2) is 64.4 Å². The molecule has 0 amide bonds. The highest BCUT2D eigenvalue weighted by Crippen LogP contribution is 2.32. The number of pyridine rings is 1. The molecule has 8 nitrogen and oxygen atoms in total. The van der Waals surface area contributed by atoms with E-state index in [1.54, 1.807) is 31.3 Å². The molecule has 0 aliphatic rings. The average molecular weight is 496 g/mol. The summed E-state index contributed by atoms with van der Waals surface area (Å²) in [6.07, 6.45) is 1.44. The van der Waals surface area contributed by atoms with Gasteiger partial charge in [0.2, 0.25) is 0 Å². The number of hydrogen-bond acceptors (Lipinski definition) is 7. The van der Waals surface area contributed by atoms with E-state index in [4.69, 9.17) is 4.74 Å². The summed E-state index contributed by atoms with van der Waals surface area (Å²) in [5.74, 6) is -0.0321. The van der Waals surface area contributed by atoms with Crippen molar-refractivity contribution in [1.82, 2.24) is 19.1 Å². The molecule has 3 heterocycles. The van der Waals surface area contributed by atoms with Crippen LogP contribution in [0.3, 0.4) is 0 Å². The predicted octanol–water partition coefficient (Wildman–Crippen LogP) is 4.36. The molecule has 0 spiro atoms. The van der Waals surface area contributed by atoms with Crippen molar-refractivity contribution in [1.29, 1.82) is 0 Å². The lowest BCUT2D eigenvalue weighted by Gasteiger charge is -2.11. The highest BCUT2D eigenvalue weighted by atomic mass is 32.1. The lowest BCUT2D eigenvalue weighted by atomic mass is 10.0. The fraction of sp³-hybridized carbons (Fsp3) is 0.167. The normalized spacial score (nSPS) is 11.5. The Kier molecular flexibility index (Phi) is 5.77. The van der Waals surface area contributed by atoms with Crippen molar-refractivity contribution in [3.63, 3.8) is 0 Å². The molecule has 0 aliphatic heterocycles. The molecule has 0 radical (unpaired) electrons. The molecule has 0 saturated heterocycles. The zero-order valence-corrected chi connectivity index (χ0v) is 19.4. The van der Waals surface area contributed by atoms with Gasteiger partial charge in [-0.25, -0.2) is 4.98 Å². The molecule has 3 aromatic heterocycles. The zero-order valence-electron chi connectivity index (χ0n) is 18.6. The van der Waals surface area contributed by atoms with Crippen LogP contribution in [-0.2, 0) is 7.05 Å². The maximum absolute atomic E-state index is 13.7. The number of nitrogens with zero attached hydrogens (tertiary/aromatic N) is 4. The number of aryl methyl sites for hydroxylation is 1. The number of halogens is 2. The Morgan fingerprint density at radius 3 is 2.54 bits per heavy atom. The van der Waals surface area contributed by atoms with Crippen molar-refractivity contribution in [2.45, 2.75) is 13.5 Å². The van der Waals surface area contributed by atoms with Gasteiger partial charge in [0.25, 0.3) is 16.3 Å². The smallest absolute Gasteiger partial charge is 0.387 e. The largest absolute Gasteiger partial charge is 0.470 e. The maximum atomic E-state index is 13.7. The van der Waals surface area contributed by atoms with Gasteiger partial charge in [-0.1, -0.05) is 17.4 Å². The molecule has 5 rings (SSSR count). The fourth-order valence-electron chi connectivity index (χ4n) is 3.75. The second-order valence-electron chi connectivity index (χ2n) is 7.56. The Labute approximate surface area is 200 Å². The van der Waals surface area contributed by atoms with Crippen molar-refractivity contribution >= 4 is 32.6 Å². The Balaban J connectivity index is 1.75. The Bertz CT molecular complexity index is 1680. The molecule has 35 heavy (non-hydrogen) atoms. The summed E-state index contributed by atoms with van der Waals surface area (Å²) in [5, 5.41) is 0.772. The second-order valence-corrected chi connectivity index (χ2v) is 8.56. The average Bonchev–Trinajstić information content (AvgIpc) is 3.23. The van der Waals surface area contributed by atoms with Crippen LogP contribution in [-0.4, -0.2) is 32.3 Å². The summed E-state index contributed by atoms with van der Waals surface area (Å²) in [6, 6.07) is 12.5. The lowest BCUT2D eigenvalue weighted by Crippen LogP contribution is -2.21. The van der Waals surface area contributed by atoms with E-state index in [0.717, 1.165) is 0 Å². The number of benzene rings is 2. The Hall–Kier alpha value is -4.12. The van der Waals surface area contributed by atoms with E-state index in [0.29, 0.717) is 49.9 Å². The summed E-state index contributed by atoms with van der Waals surface area (Å²) in [7, 11) is 1.61. The van der Waals surface area contributed by atoms with Crippen LogP contribution in [0.5, 0.6) is 10.9 Å². The predicted molar refractivity (Wildman–Crippen MR) is 129 cm³/mol. The molecule has 0 aliphatic carbocycles. The van der Waals surface area contributed by atoms with Crippen LogP contribution >= 0.6 is 11.3 Å². The van der Waals surface area contributed by atoms with Gasteiger partial charge >= 0.3 is 6.61 Å². The second kappa shape index (κ2) is 8.91. The van der Waals surface area contributed by atoms with Gasteiger partial charge in [0, 0.05) is 12.6 Å². The third kappa shape index (κ3) is 4.14. The van der Waals surface area contributed by atoms with Crippen molar-refractivity contribution in [3.05, 3.63) is 75.6 Å². The van der Waals surface area contributed by atoms with Crippen LogP contribution in [0, 0.1) is 0 Å². The number of fused-ring (bicyclic) bond motifs is 2. The van der Waals surface area contributed by atoms with Crippen molar-refractivity contribution < 1.29 is 18.3 Å². The van der Waals surface area contributed by atoms with E-state index in [2.05, 4.69) is 14.7 Å². The topological polar surface area (TPSA) is 88.2 Å². The number of thiazole rings is 1. The minimum atomic E-state index is -2.96. The van der Waals surface area contributed by atoms with Crippen LogP contribution < -0.4 is 20.6 Å². The van der Waals surface area contributed by atoms with Crippen LogP contribution in [0.2, 0.25) is 0 Å². The van der Waals surface area contributed by atoms with Gasteiger partial charge in [0.05, 0.1) is 34.2 Å². The zero-order chi connectivity index (χ0) is 24.7. The first kappa shape index (κ1) is 22.7. The standard InChI is InChI=1S/C24H18F2N4O4S/c1-3-33-24-28-20-19(35-24)11-16(13-4-9-18-17(10-13)21(31)29(2)12-27-18)22(32)30(20)14-5-7-15(8-6-14)34-23(25)26/h4-12,23H,3H2,1-2H3. The molecule has 178 valence electrons. The number of hydrogen-bond donors (Lipinski definition) is 0. The molecule has 0 atom stereocenters. The maximum Gasteiger partial charge on any atom is 0.387 e. The summed E-state index contributed by atoms with van der Waals surface area (Å²) in [6.45, 7) is -0.728. The van der Waals surface area contributed by atoms with Gasteiger partial charge in [0.1, 0.15) is 5.75 Å². The van der Waals surface area contributed by atoms with E-state index < -0.39 is 12.2 Å². The van der Waals surface area contributed by atoms with E-state index in [1.807, 2.05) is 6.92 Å². The van der Waals surface area contributed by atoms with Gasteiger partial charge in [-0.15, -0.1) is 0 Å². The fourth-order valence-corrected chi connectivity index (χ4v) is 4.66. The number of aromatic nitrogens is 4. The van der Waals surface area contributed by atoms with Crippen molar-refractivity contribution in [3.8, 4) is 27.8 Å². The van der Waals surface area contributed by atoms with Gasteiger partial charge in [-0.2, -0.15) is 13.8 Å². The molecule has 11 heteroatoms. The molecule has 0 N–H and O–H groups in total. The highest BCUT2D eigenvalue weighted by molar-refractivity contribution is 7.20. The molecular weight excluding hydrogens is 478 g/mol. The number of alkyl halides is 2. The summed E-state index contributed by atoms with van der Waals surface area (Å²) < 4.78 is 38.5. The van der Waals surface area contributed by atoms with Gasteiger partial charge in [-0.3, -0.25) is 14.2 Å². The first-order valence-electron chi connectivity index (χ1n) is 10.6. The minimum absolute atomic E-state index is 0.0321. The van der Waals surface area contributed by atoms with E-state index in [1.165, 1.54) is 51.1 Å². The minimum Gasteiger partial charge on any atom is -0.470 e. The Morgan fingerprint density at radius 2 is 1.83 bits per heavy atom. The molecule has 5 aromatic rings. The first-order chi connectivity index (χ1) is 16.9. The molecule has 0 unspecified atom stereocenters. The SMILES string of the molecule is CCOc1nc2c(cc(-c3ccc4ncn(C)c(=O)c4c3)c(=O)n2-c2ccc(OC(F)F)cc2)s1. The van der Waals surface area contributed by atoms with E-state index >= 15 is 0 Å². The third-order valence-electron chi connectivity index (χ3n) is 5.35. The molecule has 0 saturated carbocycles. The van der Waals surface area contributed by atoms with Gasteiger partial charge in [0.15, 0.2) is 5.65 Å². The van der Waals surface area contributed by atoms with E-state index in [9.17, 15) is 18.4 Å². The van der Waals surface area contributed by atoms with Crippen LogP contribution in [0.1, 0.15) is 6.92 Å². The quantitative estimate of drug-likeness (QED) is 0.347. The van der Waals surface area contributed by atoms with Gasteiger partial charge in [-0.05, 0) is 55.0 Å². The number of ether oxygens (including phenoxy) is 2. The van der Waals surface area contributed by atoms with Crippen molar-refractivity contribution in [2.75, 3.05) is 6.61 Å². The first-order valence-corrected chi connectivity index (χ1v) is 11.4. The highest BCUT2D eigenvalue weighted by Gasteiger charge is 2.18. The summed E-state index contributed by atoms with van der Waals surface area (Å²) >= 11 is 1.27. The molecule has 2 aromatic carbocycles. The molecular formula is C24H18F2N4O4S. The lowest BCUT2D eigenvalue weighted by molar-refractivity contribution is -0.0498. The van der Waals surface area contributed by atoms with Crippen LogP contribution in [0.4, 0.5) is 8.78 Å².